The van der Waals surface area contributed by atoms with Crippen LogP contribution in [0.4, 0.5) is 0 Å². The molecule has 30 heavy (non-hydrogen) atoms. The molecule has 2 aromatic carbocycles. The summed E-state index contributed by atoms with van der Waals surface area (Å²) >= 11 is 0. The number of aromatic nitrogens is 1. The van der Waals surface area contributed by atoms with Gasteiger partial charge in [0.25, 0.3) is 6.02 Å². The molecule has 3 aromatic rings. The van der Waals surface area contributed by atoms with Crippen LogP contribution >= 0.6 is 0 Å². The minimum Gasteiger partial charge on any atom is -0.392 e. The van der Waals surface area contributed by atoms with Crippen molar-refractivity contribution < 1.29 is 9.53 Å². The Hall–Kier alpha value is -3.12. The molecule has 0 radical (unpaired) electrons. The van der Waals surface area contributed by atoms with Crippen LogP contribution in [-0.2, 0) is 16.0 Å². The third kappa shape index (κ3) is 5.70. The number of fused-ring (bicyclic) bond motifs is 1. The number of esters is 1. The van der Waals surface area contributed by atoms with Gasteiger partial charge in [0.1, 0.15) is 0 Å². The van der Waals surface area contributed by atoms with Gasteiger partial charge in [0.05, 0.1) is 12.1 Å². The highest BCUT2D eigenvalue weighted by Gasteiger charge is 2.18. The van der Waals surface area contributed by atoms with E-state index in [2.05, 4.69) is 20.2 Å². The number of aliphatic imine (C=N–C) groups is 1. The van der Waals surface area contributed by atoms with E-state index in [0.29, 0.717) is 19.1 Å². The summed E-state index contributed by atoms with van der Waals surface area (Å²) in [5.74, 6) is -0.329. The molecule has 6 nitrogen and oxygen atoms in total. The first-order chi connectivity index (χ1) is 14.6. The van der Waals surface area contributed by atoms with E-state index < -0.39 is 0 Å². The summed E-state index contributed by atoms with van der Waals surface area (Å²) in [4.78, 5) is 22.8. The topological polar surface area (TPSA) is 69.7 Å². The zero-order valence-electron chi connectivity index (χ0n) is 17.9. The molecular weight excluding hydrogens is 376 g/mol. The fourth-order valence-electron chi connectivity index (χ4n) is 3.37. The number of carbonyl (C=O) groups is 1. The van der Waals surface area contributed by atoms with Crippen molar-refractivity contribution >= 4 is 22.9 Å². The number of nitrogens with one attached hydrogen (secondary N) is 2. The van der Waals surface area contributed by atoms with Crippen LogP contribution in [0.2, 0.25) is 0 Å². The fraction of sp³-hybridized carbons (Fsp3) is 0.333. The molecule has 0 saturated carbocycles. The number of nitrogens with zero attached hydrogens (tertiary/aromatic N) is 2. The van der Waals surface area contributed by atoms with Gasteiger partial charge in [-0.3, -0.25) is 4.79 Å². The Balaban J connectivity index is 1.79. The van der Waals surface area contributed by atoms with Gasteiger partial charge in [-0.15, -0.1) is 0 Å². The van der Waals surface area contributed by atoms with Gasteiger partial charge in [-0.2, -0.15) is 0 Å². The maximum atomic E-state index is 12.8. The molecule has 0 bridgehead atoms. The van der Waals surface area contributed by atoms with Crippen LogP contribution in [0.3, 0.4) is 0 Å². The van der Waals surface area contributed by atoms with E-state index in [1.807, 2.05) is 75.6 Å². The van der Waals surface area contributed by atoms with Crippen molar-refractivity contribution in [1.82, 2.24) is 15.2 Å². The van der Waals surface area contributed by atoms with Gasteiger partial charge < -0.3 is 19.9 Å². The SMILES string of the molecule is CCNC(=NCCCN(C)C)OC(=O)Cc1c(-c2ccccc2)[nH]c2ccccc12. The molecule has 2 N–H and O–H groups in total. The van der Waals surface area contributed by atoms with E-state index in [4.69, 9.17) is 4.74 Å². The van der Waals surface area contributed by atoms with E-state index in [0.717, 1.165) is 40.7 Å². The Morgan fingerprint density at radius 3 is 2.57 bits per heavy atom. The Morgan fingerprint density at radius 2 is 1.83 bits per heavy atom. The molecule has 0 aliphatic heterocycles. The lowest BCUT2D eigenvalue weighted by Crippen LogP contribution is -2.29. The molecule has 0 aliphatic carbocycles. The number of aromatic amines is 1. The van der Waals surface area contributed by atoms with Crippen molar-refractivity contribution in [1.29, 1.82) is 0 Å². The Kier molecular flexibility index (Phi) is 7.63. The first-order valence-electron chi connectivity index (χ1n) is 10.4. The molecule has 158 valence electrons. The first-order valence-corrected chi connectivity index (χ1v) is 10.4. The summed E-state index contributed by atoms with van der Waals surface area (Å²) in [7, 11) is 4.06. The lowest BCUT2D eigenvalue weighted by atomic mass is 10.0. The quantitative estimate of drug-likeness (QED) is 0.258. The molecule has 1 heterocycles. The van der Waals surface area contributed by atoms with E-state index in [-0.39, 0.29) is 12.4 Å². The summed E-state index contributed by atoms with van der Waals surface area (Å²) < 4.78 is 5.58. The van der Waals surface area contributed by atoms with Crippen LogP contribution in [0.15, 0.2) is 59.6 Å². The summed E-state index contributed by atoms with van der Waals surface area (Å²) in [5.41, 5.74) is 3.93. The van der Waals surface area contributed by atoms with Gasteiger partial charge in [0, 0.05) is 24.0 Å². The molecule has 0 atom stereocenters. The number of para-hydroxylation sites is 1. The van der Waals surface area contributed by atoms with Crippen molar-refractivity contribution in [2.45, 2.75) is 19.8 Å². The van der Waals surface area contributed by atoms with Gasteiger partial charge in [-0.25, -0.2) is 4.99 Å². The number of hydrogen-bond donors (Lipinski definition) is 2. The highest BCUT2D eigenvalue weighted by Crippen LogP contribution is 2.30. The predicted molar refractivity (Wildman–Crippen MR) is 123 cm³/mol. The lowest BCUT2D eigenvalue weighted by Gasteiger charge is -2.11. The largest absolute Gasteiger partial charge is 0.392 e. The third-order valence-electron chi connectivity index (χ3n) is 4.75. The minimum absolute atomic E-state index is 0.163. The monoisotopic (exact) mass is 406 g/mol. The van der Waals surface area contributed by atoms with Crippen LogP contribution in [0.25, 0.3) is 22.2 Å². The van der Waals surface area contributed by atoms with Crippen molar-refractivity contribution in [3.05, 3.63) is 60.2 Å². The molecule has 3 rings (SSSR count). The second-order valence-corrected chi connectivity index (χ2v) is 7.42. The number of rotatable bonds is 8. The van der Waals surface area contributed by atoms with Crippen molar-refractivity contribution in [2.75, 3.05) is 33.7 Å². The summed E-state index contributed by atoms with van der Waals surface area (Å²) in [5, 5.41) is 4.08. The summed E-state index contributed by atoms with van der Waals surface area (Å²) in [6.07, 6.45) is 1.07. The number of H-pyrrole nitrogens is 1. The Bertz CT molecular complexity index is 993. The van der Waals surface area contributed by atoms with Gasteiger partial charge in [0.2, 0.25) is 0 Å². The molecule has 1 aromatic heterocycles. The number of carbonyl (C=O) groups excluding carboxylic acids is 1. The second-order valence-electron chi connectivity index (χ2n) is 7.42. The highest BCUT2D eigenvalue weighted by molar-refractivity contribution is 5.96. The molecule has 0 saturated heterocycles. The first kappa shape index (κ1) is 21.6. The van der Waals surface area contributed by atoms with Gasteiger partial charge >= 0.3 is 5.97 Å². The standard InChI is InChI=1S/C24H30N4O2/c1-4-25-24(26-15-10-16-28(2)3)30-22(29)17-20-19-13-8-9-14-21(19)27-23(20)18-11-6-5-7-12-18/h5-9,11-14,27H,4,10,15-17H2,1-3H3,(H,25,26). The molecule has 0 spiro atoms. The molecular formula is C24H30N4O2. The maximum Gasteiger partial charge on any atom is 0.318 e. The Morgan fingerprint density at radius 1 is 1.10 bits per heavy atom. The van der Waals surface area contributed by atoms with Crippen LogP contribution in [-0.4, -0.2) is 55.6 Å². The lowest BCUT2D eigenvalue weighted by molar-refractivity contribution is -0.135. The van der Waals surface area contributed by atoms with Crippen LogP contribution < -0.4 is 5.32 Å². The highest BCUT2D eigenvalue weighted by atomic mass is 16.6. The zero-order chi connectivity index (χ0) is 21.3. The second kappa shape index (κ2) is 10.6. The van der Waals surface area contributed by atoms with Gasteiger partial charge in [-0.1, -0.05) is 48.5 Å². The number of amidine groups is 1. The zero-order valence-corrected chi connectivity index (χ0v) is 17.9. The third-order valence-corrected chi connectivity index (χ3v) is 4.75. The maximum absolute atomic E-state index is 12.8. The van der Waals surface area contributed by atoms with Crippen LogP contribution in [0.5, 0.6) is 0 Å². The van der Waals surface area contributed by atoms with E-state index in [1.165, 1.54) is 0 Å². The van der Waals surface area contributed by atoms with Gasteiger partial charge in [-0.05, 0) is 51.2 Å². The summed E-state index contributed by atoms with van der Waals surface area (Å²) in [6, 6.07) is 18.4. The average molecular weight is 407 g/mol. The smallest absolute Gasteiger partial charge is 0.318 e. The van der Waals surface area contributed by atoms with E-state index >= 15 is 0 Å². The van der Waals surface area contributed by atoms with Crippen molar-refractivity contribution in [2.24, 2.45) is 4.99 Å². The molecule has 0 aliphatic rings. The van der Waals surface area contributed by atoms with E-state index in [9.17, 15) is 4.79 Å². The molecule has 0 unspecified atom stereocenters. The fourth-order valence-corrected chi connectivity index (χ4v) is 3.37. The van der Waals surface area contributed by atoms with Gasteiger partial charge in [0.15, 0.2) is 0 Å². The average Bonchev–Trinajstić information content (AvgIpc) is 3.10. The molecule has 0 fully saturated rings. The molecule has 0 amide bonds. The Labute approximate surface area is 178 Å². The van der Waals surface area contributed by atoms with Crippen molar-refractivity contribution in [3.8, 4) is 11.3 Å². The summed E-state index contributed by atoms with van der Waals surface area (Å²) in [6.45, 7) is 4.14. The normalized spacial score (nSPS) is 11.8. The number of ether oxygens (including phenoxy) is 1. The van der Waals surface area contributed by atoms with Crippen LogP contribution in [0.1, 0.15) is 18.9 Å². The van der Waals surface area contributed by atoms with Crippen molar-refractivity contribution in [3.63, 3.8) is 0 Å². The number of benzene rings is 2. The predicted octanol–water partition coefficient (Wildman–Crippen LogP) is 3.84. The minimum atomic E-state index is -0.329. The molecule has 6 heteroatoms. The van der Waals surface area contributed by atoms with Crippen LogP contribution in [0, 0.1) is 0 Å². The van der Waals surface area contributed by atoms with E-state index in [1.54, 1.807) is 0 Å². The number of hydrogen-bond acceptors (Lipinski definition) is 4.